The highest BCUT2D eigenvalue weighted by atomic mass is 35.5. The maximum Gasteiger partial charge on any atom is 0.333 e. The summed E-state index contributed by atoms with van der Waals surface area (Å²) in [5.41, 5.74) is 0.192. The molecule has 0 aliphatic carbocycles. The summed E-state index contributed by atoms with van der Waals surface area (Å²) in [7, 11) is 3.84. The molecule has 0 atom stereocenters. The molecule has 0 aromatic carbocycles. The Kier molecular flexibility index (Phi) is 12.8. The van der Waals surface area contributed by atoms with E-state index >= 15 is 0 Å². The number of aliphatic carboxylic acids is 1. The average molecular weight is 277 g/mol. The Morgan fingerprint density at radius 1 is 1.39 bits per heavy atom. The van der Waals surface area contributed by atoms with Crippen LogP contribution in [0.2, 0.25) is 0 Å². The predicted octanol–water partition coefficient (Wildman–Crippen LogP) is 1.45. The van der Waals surface area contributed by atoms with Crippen LogP contribution in [-0.2, 0) is 9.59 Å². The van der Waals surface area contributed by atoms with E-state index in [1.165, 1.54) is 12.6 Å². The van der Waals surface area contributed by atoms with E-state index in [9.17, 15) is 9.59 Å². The topological polar surface area (TPSA) is 69.6 Å². The summed E-state index contributed by atoms with van der Waals surface area (Å²) in [6.07, 6.45) is 4.94. The molecule has 0 aromatic rings. The third-order valence-corrected chi connectivity index (χ3v) is 1.90. The van der Waals surface area contributed by atoms with E-state index in [1.807, 2.05) is 19.0 Å². The number of hydrogen-bond acceptors (Lipinski definition) is 3. The molecule has 0 aliphatic rings. The van der Waals surface area contributed by atoms with Crippen molar-refractivity contribution >= 4 is 23.5 Å². The Hall–Kier alpha value is -1.33. The number of nitrogens with one attached hydrogen (secondary N) is 1. The van der Waals surface area contributed by atoms with E-state index in [4.69, 9.17) is 5.11 Å². The molecule has 0 unspecified atom stereocenters. The molecule has 0 aromatic heterocycles. The fourth-order valence-electron chi connectivity index (χ4n) is 1.04. The van der Waals surface area contributed by atoms with Crippen LogP contribution in [-0.4, -0.2) is 48.9 Å². The van der Waals surface area contributed by atoms with Crippen molar-refractivity contribution in [1.29, 1.82) is 0 Å². The lowest BCUT2D eigenvalue weighted by Gasteiger charge is -2.09. The van der Waals surface area contributed by atoms with Gasteiger partial charge in [-0.05, 0) is 39.6 Å². The highest BCUT2D eigenvalue weighted by Gasteiger charge is 2.07. The Balaban J connectivity index is 0. The number of halogens is 1. The summed E-state index contributed by atoms with van der Waals surface area (Å²) >= 11 is 4.64. The lowest BCUT2D eigenvalue weighted by molar-refractivity contribution is -0.132. The number of carboxylic acid groups (broad SMARTS) is 1. The molecule has 0 rings (SSSR count). The van der Waals surface area contributed by atoms with Crippen molar-refractivity contribution in [1.82, 2.24) is 10.2 Å². The van der Waals surface area contributed by atoms with Crippen LogP contribution in [0.5, 0.6) is 0 Å². The molecule has 0 heterocycles. The first-order chi connectivity index (χ1) is 8.47. The number of alkyl halides is 1. The van der Waals surface area contributed by atoms with Crippen LogP contribution in [0.15, 0.2) is 24.4 Å². The van der Waals surface area contributed by atoms with Crippen molar-refractivity contribution < 1.29 is 14.7 Å². The zero-order chi connectivity index (χ0) is 14.6. The van der Waals surface area contributed by atoms with Crippen LogP contribution >= 0.6 is 11.6 Å². The molecular formula is C12H21ClN2O3. The Morgan fingerprint density at radius 2 is 1.94 bits per heavy atom. The molecule has 0 bridgehead atoms. The molecule has 0 aliphatic heterocycles. The van der Waals surface area contributed by atoms with Crippen molar-refractivity contribution in [2.45, 2.75) is 12.8 Å². The largest absolute Gasteiger partial charge is 0.478 e. The summed E-state index contributed by atoms with van der Waals surface area (Å²) in [6, 6.07) is 0. The second kappa shape index (κ2) is 12.1. The first kappa shape index (κ1) is 19.0. The third-order valence-electron chi connectivity index (χ3n) is 1.90. The molecule has 0 saturated carbocycles. The number of nitrogens with zero attached hydrogens (tertiary/aromatic N) is 1. The van der Waals surface area contributed by atoms with Crippen molar-refractivity contribution in [3.63, 3.8) is 0 Å². The predicted molar refractivity (Wildman–Crippen MR) is 73.6 cm³/mol. The Bertz CT molecular complexity index is 302. The van der Waals surface area contributed by atoms with E-state index in [0.29, 0.717) is 6.42 Å². The summed E-state index contributed by atoms with van der Waals surface area (Å²) in [5, 5.41) is 11.2. The fraction of sp³-hybridized carbons (Fsp3) is 0.500. The Morgan fingerprint density at radius 3 is 2.33 bits per heavy atom. The van der Waals surface area contributed by atoms with Gasteiger partial charge in [0, 0.05) is 12.6 Å². The SMILES string of the molecule is C=CC(=O)NC=C(CCCN(C)C)C(=O)O.CCl. The highest BCUT2D eigenvalue weighted by Crippen LogP contribution is 2.04. The minimum absolute atomic E-state index is 0.192. The minimum Gasteiger partial charge on any atom is -0.478 e. The van der Waals surface area contributed by atoms with Crippen molar-refractivity contribution in [3.05, 3.63) is 24.4 Å². The lowest BCUT2D eigenvalue weighted by atomic mass is 10.1. The molecule has 0 spiro atoms. The molecule has 18 heavy (non-hydrogen) atoms. The number of carboxylic acids is 1. The van der Waals surface area contributed by atoms with Gasteiger partial charge in [-0.25, -0.2) is 4.79 Å². The second-order valence-corrected chi connectivity index (χ2v) is 3.59. The van der Waals surface area contributed by atoms with E-state index in [1.54, 1.807) is 0 Å². The maximum absolute atomic E-state index is 10.8. The van der Waals surface area contributed by atoms with Gasteiger partial charge in [-0.3, -0.25) is 4.79 Å². The average Bonchev–Trinajstić information content (AvgIpc) is 2.34. The molecule has 0 radical (unpaired) electrons. The van der Waals surface area contributed by atoms with Gasteiger partial charge in [0.25, 0.3) is 0 Å². The number of amides is 1. The zero-order valence-corrected chi connectivity index (χ0v) is 11.8. The number of carbonyl (C=O) groups is 2. The maximum atomic E-state index is 10.8. The van der Waals surface area contributed by atoms with Crippen LogP contribution < -0.4 is 5.32 Å². The van der Waals surface area contributed by atoms with Gasteiger partial charge in [-0.15, -0.1) is 11.6 Å². The van der Waals surface area contributed by atoms with Crippen LogP contribution in [0.3, 0.4) is 0 Å². The third kappa shape index (κ3) is 11.2. The van der Waals surface area contributed by atoms with Gasteiger partial charge in [0.15, 0.2) is 0 Å². The number of carbonyl (C=O) groups excluding carboxylic acids is 1. The zero-order valence-electron chi connectivity index (χ0n) is 11.1. The van der Waals surface area contributed by atoms with Crippen molar-refractivity contribution in [2.75, 3.05) is 27.0 Å². The van der Waals surface area contributed by atoms with E-state index in [0.717, 1.165) is 19.0 Å². The fourth-order valence-corrected chi connectivity index (χ4v) is 1.04. The van der Waals surface area contributed by atoms with E-state index in [-0.39, 0.29) is 5.57 Å². The first-order valence-corrected chi connectivity index (χ1v) is 6.10. The molecule has 0 saturated heterocycles. The second-order valence-electron chi connectivity index (χ2n) is 3.59. The van der Waals surface area contributed by atoms with Gasteiger partial charge >= 0.3 is 5.97 Å². The normalized spacial score (nSPS) is 10.4. The summed E-state index contributed by atoms with van der Waals surface area (Å²) in [6.45, 7) is 4.08. The molecule has 6 heteroatoms. The van der Waals surface area contributed by atoms with Crippen molar-refractivity contribution in [3.8, 4) is 0 Å². The van der Waals surface area contributed by atoms with E-state index < -0.39 is 11.9 Å². The van der Waals surface area contributed by atoms with E-state index in [2.05, 4.69) is 23.5 Å². The van der Waals surface area contributed by atoms with Gasteiger partial charge in [0.2, 0.25) is 5.91 Å². The molecule has 104 valence electrons. The Labute approximate surface area is 113 Å². The van der Waals surface area contributed by atoms with Gasteiger partial charge in [-0.1, -0.05) is 6.58 Å². The molecule has 1 amide bonds. The van der Waals surface area contributed by atoms with Crippen LogP contribution in [0.25, 0.3) is 0 Å². The van der Waals surface area contributed by atoms with Gasteiger partial charge < -0.3 is 15.3 Å². The summed E-state index contributed by atoms with van der Waals surface area (Å²) in [4.78, 5) is 23.6. The molecule has 0 fully saturated rings. The molecule has 5 nitrogen and oxygen atoms in total. The van der Waals surface area contributed by atoms with Gasteiger partial charge in [0.05, 0.1) is 5.57 Å². The van der Waals surface area contributed by atoms with Gasteiger partial charge in [-0.2, -0.15) is 0 Å². The monoisotopic (exact) mass is 276 g/mol. The molecular weight excluding hydrogens is 256 g/mol. The van der Waals surface area contributed by atoms with Crippen LogP contribution in [0.1, 0.15) is 12.8 Å². The van der Waals surface area contributed by atoms with Crippen molar-refractivity contribution in [2.24, 2.45) is 0 Å². The van der Waals surface area contributed by atoms with Crippen LogP contribution in [0, 0.1) is 0 Å². The summed E-state index contributed by atoms with van der Waals surface area (Å²) < 4.78 is 0. The standard InChI is InChI=1S/C11H18N2O3.CH3Cl/c1-4-10(14)12-8-9(11(15)16)6-5-7-13(2)3;1-2/h4,8H,1,5-7H2,2-3H3,(H,12,14)(H,15,16);1H3. The van der Waals surface area contributed by atoms with Gasteiger partial charge in [0.1, 0.15) is 0 Å². The minimum atomic E-state index is -1.01. The van der Waals surface area contributed by atoms with Crippen LogP contribution in [0.4, 0.5) is 0 Å². The summed E-state index contributed by atoms with van der Waals surface area (Å²) in [5.74, 6) is -1.42. The highest BCUT2D eigenvalue weighted by molar-refractivity contribution is 6.15. The lowest BCUT2D eigenvalue weighted by Crippen LogP contribution is -2.17. The number of hydrogen-bond donors (Lipinski definition) is 2. The smallest absolute Gasteiger partial charge is 0.333 e. The first-order valence-electron chi connectivity index (χ1n) is 5.35. The molecule has 2 N–H and O–H groups in total. The number of rotatable bonds is 7. The quantitative estimate of drug-likeness (QED) is 0.545.